The normalized spacial score (nSPS) is 18.8. The molecule has 2 aromatic heterocycles. The van der Waals surface area contributed by atoms with Crippen molar-refractivity contribution in [2.45, 2.75) is 25.0 Å². The SMILES string of the molecule is O=C(Nc1cnc(O[C@H]2CCN(Cl)C2)c(-c2ccc(F)cc2)c1)c1cnc(O[C@H]2CCN(Cl)C2)c(-c2ccc(F)c(F)c2)c1. The number of carbonyl (C=O) groups is 1. The fourth-order valence-corrected chi connectivity index (χ4v) is 5.58. The molecule has 2 aromatic carbocycles. The van der Waals surface area contributed by atoms with Gasteiger partial charge in [-0.15, -0.1) is 0 Å². The van der Waals surface area contributed by atoms with E-state index in [9.17, 15) is 18.0 Å². The monoisotopic (exact) mass is 643 g/mol. The first-order valence-electron chi connectivity index (χ1n) is 13.9. The van der Waals surface area contributed by atoms with Crippen molar-refractivity contribution in [2.24, 2.45) is 0 Å². The summed E-state index contributed by atoms with van der Waals surface area (Å²) in [6, 6.07) is 12.4. The fourth-order valence-electron chi connectivity index (χ4n) is 5.08. The third-order valence-electron chi connectivity index (χ3n) is 7.36. The number of nitrogens with zero attached hydrogens (tertiary/aromatic N) is 4. The molecule has 1 N–H and O–H groups in total. The van der Waals surface area contributed by atoms with Crippen LogP contribution in [0.4, 0.5) is 18.9 Å². The summed E-state index contributed by atoms with van der Waals surface area (Å²) in [5.74, 6) is -2.50. The lowest BCUT2D eigenvalue weighted by molar-refractivity contribution is 0.102. The first-order valence-corrected chi connectivity index (χ1v) is 14.6. The molecule has 4 aromatic rings. The molecule has 2 atom stereocenters. The average Bonchev–Trinajstić information content (AvgIpc) is 3.62. The van der Waals surface area contributed by atoms with Crippen LogP contribution in [0.15, 0.2) is 67.0 Å². The lowest BCUT2D eigenvalue weighted by Gasteiger charge is -2.18. The molecule has 1 amide bonds. The van der Waals surface area contributed by atoms with Crippen molar-refractivity contribution < 1.29 is 27.4 Å². The van der Waals surface area contributed by atoms with E-state index in [4.69, 9.17) is 33.0 Å². The van der Waals surface area contributed by atoms with E-state index in [1.807, 2.05) is 0 Å². The van der Waals surface area contributed by atoms with Crippen LogP contribution in [0.2, 0.25) is 0 Å². The van der Waals surface area contributed by atoms with Crippen molar-refractivity contribution in [3.8, 4) is 34.0 Å². The van der Waals surface area contributed by atoms with Gasteiger partial charge in [0.15, 0.2) is 11.6 Å². The number of hydrogen-bond donors (Lipinski definition) is 1. The summed E-state index contributed by atoms with van der Waals surface area (Å²) in [4.78, 5) is 22.2. The molecule has 0 unspecified atom stereocenters. The van der Waals surface area contributed by atoms with Crippen molar-refractivity contribution in [1.82, 2.24) is 18.8 Å². The quantitative estimate of drug-likeness (QED) is 0.214. The number of aromatic nitrogens is 2. The minimum atomic E-state index is -1.05. The van der Waals surface area contributed by atoms with E-state index >= 15 is 0 Å². The Morgan fingerprint density at radius 1 is 0.773 bits per heavy atom. The number of nitrogens with one attached hydrogen (secondary N) is 1. The van der Waals surface area contributed by atoms with Gasteiger partial charge < -0.3 is 14.8 Å². The van der Waals surface area contributed by atoms with Gasteiger partial charge in [-0.2, -0.15) is 0 Å². The predicted octanol–water partition coefficient (Wildman–Crippen LogP) is 6.69. The molecule has 6 rings (SSSR count). The standard InChI is InChI=1S/C31H26Cl2F3N5O3/c32-40-9-7-23(16-40)43-30-25(19-3-6-27(35)28(36)12-19)11-20(14-37-30)29(42)39-22-13-26(18-1-4-21(34)5-2-18)31(38-15-22)44-24-8-10-41(33)17-24/h1-6,11-15,23-24H,7-10,16-17H2,(H,39,42)/t23-,24-/m0/s1. The summed E-state index contributed by atoms with van der Waals surface area (Å²) < 4.78 is 57.0. The molecule has 0 radical (unpaired) electrons. The summed E-state index contributed by atoms with van der Waals surface area (Å²) >= 11 is 12.2. The van der Waals surface area contributed by atoms with E-state index in [-0.39, 0.29) is 29.2 Å². The zero-order valence-electron chi connectivity index (χ0n) is 23.2. The van der Waals surface area contributed by atoms with E-state index < -0.39 is 23.4 Å². The summed E-state index contributed by atoms with van der Waals surface area (Å²) in [5.41, 5.74) is 2.26. The van der Waals surface area contributed by atoms with E-state index in [0.717, 1.165) is 12.1 Å². The third-order valence-corrected chi connectivity index (χ3v) is 7.97. The third kappa shape index (κ3) is 6.91. The van der Waals surface area contributed by atoms with E-state index in [0.29, 0.717) is 67.3 Å². The van der Waals surface area contributed by atoms with Gasteiger partial charge in [0, 0.05) is 30.4 Å². The number of rotatable bonds is 8. The van der Waals surface area contributed by atoms with Gasteiger partial charge in [0.05, 0.1) is 30.5 Å². The van der Waals surface area contributed by atoms with E-state index in [1.54, 1.807) is 27.0 Å². The van der Waals surface area contributed by atoms with Crippen LogP contribution < -0.4 is 14.8 Å². The summed E-state index contributed by atoms with van der Waals surface area (Å²) in [7, 11) is 0. The van der Waals surface area contributed by atoms with Crippen LogP contribution in [0.1, 0.15) is 23.2 Å². The molecule has 0 bridgehead atoms. The van der Waals surface area contributed by atoms with Gasteiger partial charge in [0.25, 0.3) is 5.91 Å². The lowest BCUT2D eigenvalue weighted by atomic mass is 10.0. The molecular formula is C31H26Cl2F3N5O3. The second kappa shape index (κ2) is 13.0. The van der Waals surface area contributed by atoms with E-state index in [2.05, 4.69) is 15.3 Å². The minimum absolute atomic E-state index is 0.138. The van der Waals surface area contributed by atoms with Crippen LogP contribution in [-0.2, 0) is 0 Å². The van der Waals surface area contributed by atoms with Crippen LogP contribution in [0.25, 0.3) is 22.3 Å². The van der Waals surface area contributed by atoms with Gasteiger partial charge >= 0.3 is 0 Å². The Kier molecular flexibility index (Phi) is 8.90. The Morgan fingerprint density at radius 2 is 1.36 bits per heavy atom. The molecular weight excluding hydrogens is 618 g/mol. The predicted molar refractivity (Wildman–Crippen MR) is 160 cm³/mol. The number of benzene rings is 2. The van der Waals surface area contributed by atoms with Crippen LogP contribution in [0, 0.1) is 17.5 Å². The van der Waals surface area contributed by atoms with E-state index in [1.165, 1.54) is 36.7 Å². The molecule has 2 aliphatic heterocycles. The Hall–Kier alpha value is -3.90. The number of ether oxygens (including phenoxy) is 2. The summed E-state index contributed by atoms with van der Waals surface area (Å²) in [5, 5.41) is 2.81. The molecule has 228 valence electrons. The van der Waals surface area contributed by atoms with Gasteiger partial charge in [-0.3, -0.25) is 4.79 Å². The summed E-state index contributed by atoms with van der Waals surface area (Å²) in [6.07, 6.45) is 3.70. The second-order valence-electron chi connectivity index (χ2n) is 10.5. The Bertz CT molecular complexity index is 1680. The second-order valence-corrected chi connectivity index (χ2v) is 11.5. The Morgan fingerprint density at radius 3 is 1.95 bits per heavy atom. The molecule has 0 spiro atoms. The van der Waals surface area contributed by atoms with Crippen LogP contribution in [0.3, 0.4) is 0 Å². The van der Waals surface area contributed by atoms with Crippen molar-refractivity contribution >= 4 is 35.1 Å². The number of carbonyl (C=O) groups excluding carboxylic acids is 1. The van der Waals surface area contributed by atoms with Crippen molar-refractivity contribution in [1.29, 1.82) is 0 Å². The Balaban J connectivity index is 1.29. The number of hydrogen-bond acceptors (Lipinski definition) is 7. The van der Waals surface area contributed by atoms with Gasteiger partial charge in [0.2, 0.25) is 11.8 Å². The number of anilines is 1. The van der Waals surface area contributed by atoms with Crippen LogP contribution >= 0.6 is 23.6 Å². The zero-order valence-corrected chi connectivity index (χ0v) is 24.7. The van der Waals surface area contributed by atoms with Crippen molar-refractivity contribution in [2.75, 3.05) is 31.5 Å². The molecule has 0 aliphatic carbocycles. The maximum absolute atomic E-state index is 14.2. The molecule has 0 saturated carbocycles. The highest BCUT2D eigenvalue weighted by atomic mass is 35.5. The number of pyridine rings is 2. The highest BCUT2D eigenvalue weighted by Crippen LogP contribution is 2.34. The fraction of sp³-hybridized carbons (Fsp3) is 0.258. The van der Waals surface area contributed by atoms with Gasteiger partial charge in [0.1, 0.15) is 18.0 Å². The maximum atomic E-state index is 14.2. The molecule has 8 nitrogen and oxygen atoms in total. The highest BCUT2D eigenvalue weighted by molar-refractivity contribution is 6.13. The molecule has 4 heterocycles. The largest absolute Gasteiger partial charge is 0.472 e. The first kappa shape index (κ1) is 30.1. The molecule has 2 fully saturated rings. The topological polar surface area (TPSA) is 79.8 Å². The van der Waals surface area contributed by atoms with Gasteiger partial charge in [-0.05, 0) is 83.9 Å². The first-order chi connectivity index (χ1) is 21.2. The number of amides is 1. The molecule has 13 heteroatoms. The van der Waals surface area contributed by atoms with Gasteiger partial charge in [-0.25, -0.2) is 32.0 Å². The van der Waals surface area contributed by atoms with Crippen LogP contribution in [-0.4, -0.2) is 63.1 Å². The smallest absolute Gasteiger partial charge is 0.257 e. The Labute approximate surface area is 261 Å². The van der Waals surface area contributed by atoms with Crippen molar-refractivity contribution in [3.63, 3.8) is 0 Å². The molecule has 44 heavy (non-hydrogen) atoms. The summed E-state index contributed by atoms with van der Waals surface area (Å²) in [6.45, 7) is 2.26. The van der Waals surface area contributed by atoms with Crippen molar-refractivity contribution in [3.05, 3.63) is 90.0 Å². The van der Waals surface area contributed by atoms with Gasteiger partial charge in [-0.1, -0.05) is 18.2 Å². The molecule has 2 saturated heterocycles. The number of halogens is 5. The minimum Gasteiger partial charge on any atom is -0.472 e. The zero-order chi connectivity index (χ0) is 30.8. The maximum Gasteiger partial charge on any atom is 0.257 e. The molecule has 2 aliphatic rings. The average molecular weight is 644 g/mol. The van der Waals surface area contributed by atoms with Crippen LogP contribution in [0.5, 0.6) is 11.8 Å². The lowest BCUT2D eigenvalue weighted by Crippen LogP contribution is -2.20. The highest BCUT2D eigenvalue weighted by Gasteiger charge is 2.26.